The monoisotopic (exact) mass is 114 g/mol. The van der Waals surface area contributed by atoms with E-state index in [-0.39, 0.29) is 6.61 Å². The summed E-state index contributed by atoms with van der Waals surface area (Å²) in [4.78, 5) is 0. The molecule has 0 aromatic carbocycles. The van der Waals surface area contributed by atoms with Gasteiger partial charge in [-0.2, -0.15) is 0 Å². The van der Waals surface area contributed by atoms with Gasteiger partial charge in [0.1, 0.15) is 0 Å². The van der Waals surface area contributed by atoms with Crippen molar-refractivity contribution in [2.45, 2.75) is 26.7 Å². The van der Waals surface area contributed by atoms with Crippen LogP contribution in [0, 0.1) is 0 Å². The first-order valence-electron chi connectivity index (χ1n) is 3.13. The summed E-state index contributed by atoms with van der Waals surface area (Å²) in [6, 6.07) is 0. The molecule has 0 aliphatic heterocycles. The van der Waals surface area contributed by atoms with Gasteiger partial charge in [0.2, 0.25) is 0 Å². The van der Waals surface area contributed by atoms with E-state index in [9.17, 15) is 0 Å². The second kappa shape index (κ2) is 4.85. The SMILES string of the molecule is CC/C=C(/CC)CO. The van der Waals surface area contributed by atoms with Gasteiger partial charge in [0.15, 0.2) is 0 Å². The lowest BCUT2D eigenvalue weighted by atomic mass is 10.2. The molecule has 0 aliphatic carbocycles. The van der Waals surface area contributed by atoms with E-state index in [1.165, 1.54) is 0 Å². The van der Waals surface area contributed by atoms with Crippen LogP contribution >= 0.6 is 0 Å². The normalized spacial score (nSPS) is 12.1. The van der Waals surface area contributed by atoms with Gasteiger partial charge in [0.05, 0.1) is 6.61 Å². The van der Waals surface area contributed by atoms with Crippen LogP contribution < -0.4 is 0 Å². The Morgan fingerprint density at radius 3 is 2.25 bits per heavy atom. The van der Waals surface area contributed by atoms with Crippen LogP contribution in [0.4, 0.5) is 0 Å². The molecule has 0 fully saturated rings. The predicted octanol–water partition coefficient (Wildman–Crippen LogP) is 1.73. The maximum Gasteiger partial charge on any atom is 0.0641 e. The molecule has 0 heterocycles. The van der Waals surface area contributed by atoms with E-state index in [2.05, 4.69) is 19.9 Å². The Bertz CT molecular complexity index is 68.5. The minimum absolute atomic E-state index is 0.227. The van der Waals surface area contributed by atoms with E-state index in [4.69, 9.17) is 5.11 Å². The molecule has 0 saturated carbocycles. The molecular formula is C7H14O. The largest absolute Gasteiger partial charge is 0.392 e. The van der Waals surface area contributed by atoms with Gasteiger partial charge < -0.3 is 5.11 Å². The third kappa shape index (κ3) is 2.80. The second-order valence-corrected chi connectivity index (χ2v) is 1.78. The van der Waals surface area contributed by atoms with Crippen molar-refractivity contribution in [3.8, 4) is 0 Å². The van der Waals surface area contributed by atoms with E-state index in [1.807, 2.05) is 0 Å². The maximum absolute atomic E-state index is 8.59. The maximum atomic E-state index is 8.59. The number of rotatable bonds is 3. The molecule has 0 spiro atoms. The quantitative estimate of drug-likeness (QED) is 0.554. The second-order valence-electron chi connectivity index (χ2n) is 1.78. The van der Waals surface area contributed by atoms with Crippen molar-refractivity contribution in [3.05, 3.63) is 11.6 Å². The molecule has 0 radical (unpaired) electrons. The zero-order valence-electron chi connectivity index (χ0n) is 5.65. The highest BCUT2D eigenvalue weighted by atomic mass is 16.3. The fourth-order valence-corrected chi connectivity index (χ4v) is 0.609. The summed E-state index contributed by atoms with van der Waals surface area (Å²) >= 11 is 0. The molecule has 0 atom stereocenters. The van der Waals surface area contributed by atoms with Crippen LogP contribution in [0.5, 0.6) is 0 Å². The molecule has 0 unspecified atom stereocenters. The average Bonchev–Trinajstić information content (AvgIpc) is 1.83. The minimum atomic E-state index is 0.227. The number of hydrogen-bond acceptors (Lipinski definition) is 1. The van der Waals surface area contributed by atoms with Crippen molar-refractivity contribution in [1.29, 1.82) is 0 Å². The summed E-state index contributed by atoms with van der Waals surface area (Å²) in [5.41, 5.74) is 1.15. The standard InChI is InChI=1S/C7H14O/c1-3-5-7(4-2)6-8/h5,8H,3-4,6H2,1-2H3/b7-5-. The van der Waals surface area contributed by atoms with Gasteiger partial charge in [0, 0.05) is 0 Å². The van der Waals surface area contributed by atoms with E-state index in [1.54, 1.807) is 0 Å². The van der Waals surface area contributed by atoms with Gasteiger partial charge in [-0.25, -0.2) is 0 Å². The van der Waals surface area contributed by atoms with Crippen molar-refractivity contribution in [2.24, 2.45) is 0 Å². The van der Waals surface area contributed by atoms with Crippen LogP contribution in [-0.2, 0) is 0 Å². The zero-order chi connectivity index (χ0) is 6.41. The number of allylic oxidation sites excluding steroid dienone is 1. The lowest BCUT2D eigenvalue weighted by Crippen LogP contribution is -1.86. The van der Waals surface area contributed by atoms with Crippen LogP contribution in [0.3, 0.4) is 0 Å². The summed E-state index contributed by atoms with van der Waals surface area (Å²) in [6.45, 7) is 4.35. The molecule has 8 heavy (non-hydrogen) atoms. The first-order valence-corrected chi connectivity index (χ1v) is 3.13. The predicted molar refractivity (Wildman–Crippen MR) is 35.8 cm³/mol. The van der Waals surface area contributed by atoms with Gasteiger partial charge in [-0.1, -0.05) is 19.9 Å². The highest BCUT2D eigenvalue weighted by molar-refractivity contribution is 4.99. The Kier molecular flexibility index (Phi) is 4.67. The minimum Gasteiger partial charge on any atom is -0.392 e. The first kappa shape index (κ1) is 7.70. The van der Waals surface area contributed by atoms with Crippen LogP contribution in [0.25, 0.3) is 0 Å². The first-order chi connectivity index (χ1) is 3.85. The van der Waals surface area contributed by atoms with Gasteiger partial charge in [-0.05, 0) is 18.4 Å². The third-order valence-electron chi connectivity index (χ3n) is 1.15. The summed E-state index contributed by atoms with van der Waals surface area (Å²) in [7, 11) is 0. The summed E-state index contributed by atoms with van der Waals surface area (Å²) in [5.74, 6) is 0. The van der Waals surface area contributed by atoms with Crippen molar-refractivity contribution in [2.75, 3.05) is 6.61 Å². The molecule has 0 aromatic rings. The molecule has 1 nitrogen and oxygen atoms in total. The van der Waals surface area contributed by atoms with E-state index in [0.29, 0.717) is 0 Å². The van der Waals surface area contributed by atoms with Crippen LogP contribution in [0.1, 0.15) is 26.7 Å². The molecule has 0 aromatic heterocycles. The smallest absolute Gasteiger partial charge is 0.0641 e. The van der Waals surface area contributed by atoms with Crippen molar-refractivity contribution < 1.29 is 5.11 Å². The summed E-state index contributed by atoms with van der Waals surface area (Å²) in [5, 5.41) is 8.59. The fraction of sp³-hybridized carbons (Fsp3) is 0.714. The molecular weight excluding hydrogens is 100 g/mol. The molecule has 0 bridgehead atoms. The van der Waals surface area contributed by atoms with Gasteiger partial charge in [-0.3, -0.25) is 0 Å². The topological polar surface area (TPSA) is 20.2 Å². The van der Waals surface area contributed by atoms with E-state index < -0.39 is 0 Å². The molecule has 0 rings (SSSR count). The highest BCUT2D eigenvalue weighted by Gasteiger charge is 1.85. The van der Waals surface area contributed by atoms with Gasteiger partial charge in [0.25, 0.3) is 0 Å². The molecule has 0 amide bonds. The molecule has 48 valence electrons. The third-order valence-corrected chi connectivity index (χ3v) is 1.15. The van der Waals surface area contributed by atoms with Crippen molar-refractivity contribution in [1.82, 2.24) is 0 Å². The molecule has 0 saturated heterocycles. The Balaban J connectivity index is 3.49. The van der Waals surface area contributed by atoms with Crippen molar-refractivity contribution >= 4 is 0 Å². The average molecular weight is 114 g/mol. The zero-order valence-corrected chi connectivity index (χ0v) is 5.65. The van der Waals surface area contributed by atoms with E-state index in [0.717, 1.165) is 18.4 Å². The summed E-state index contributed by atoms with van der Waals surface area (Å²) < 4.78 is 0. The number of aliphatic hydroxyl groups is 1. The summed E-state index contributed by atoms with van der Waals surface area (Å²) in [6.07, 6.45) is 4.08. The Morgan fingerprint density at radius 1 is 1.50 bits per heavy atom. The number of aliphatic hydroxyl groups excluding tert-OH is 1. The lowest BCUT2D eigenvalue weighted by molar-refractivity contribution is 0.327. The molecule has 1 N–H and O–H groups in total. The fourth-order valence-electron chi connectivity index (χ4n) is 0.609. The Labute approximate surface area is 51.0 Å². The number of hydrogen-bond donors (Lipinski definition) is 1. The van der Waals surface area contributed by atoms with Crippen LogP contribution in [0.2, 0.25) is 0 Å². The van der Waals surface area contributed by atoms with Crippen molar-refractivity contribution in [3.63, 3.8) is 0 Å². The van der Waals surface area contributed by atoms with Gasteiger partial charge in [-0.15, -0.1) is 0 Å². The highest BCUT2D eigenvalue weighted by Crippen LogP contribution is 1.98. The molecule has 0 aliphatic rings. The Morgan fingerprint density at radius 2 is 2.12 bits per heavy atom. The van der Waals surface area contributed by atoms with Gasteiger partial charge >= 0.3 is 0 Å². The van der Waals surface area contributed by atoms with E-state index >= 15 is 0 Å². The Hall–Kier alpha value is -0.300. The lowest BCUT2D eigenvalue weighted by Gasteiger charge is -1.94. The van der Waals surface area contributed by atoms with Crippen LogP contribution in [-0.4, -0.2) is 11.7 Å². The molecule has 1 heteroatoms. The van der Waals surface area contributed by atoms with Crippen LogP contribution in [0.15, 0.2) is 11.6 Å².